The van der Waals surface area contributed by atoms with Gasteiger partial charge < -0.3 is 5.32 Å². The minimum atomic E-state index is 0.431. The van der Waals surface area contributed by atoms with Crippen LogP contribution in [-0.2, 0) is 12.8 Å². The molecule has 17 heavy (non-hydrogen) atoms. The molecular weight excluding hydrogens is 246 g/mol. The fourth-order valence-electron chi connectivity index (χ4n) is 2.39. The largest absolute Gasteiger partial charge is 0.377 e. The molecular formula is C14H17NS2. The zero-order chi connectivity index (χ0) is 11.7. The molecule has 0 bridgehead atoms. The second kappa shape index (κ2) is 4.83. The van der Waals surface area contributed by atoms with E-state index >= 15 is 0 Å². The van der Waals surface area contributed by atoms with Crippen molar-refractivity contribution in [2.24, 2.45) is 0 Å². The summed E-state index contributed by atoms with van der Waals surface area (Å²) in [5.74, 6) is 0. The Labute approximate surface area is 111 Å². The lowest BCUT2D eigenvalue weighted by atomic mass is 9.99. The van der Waals surface area contributed by atoms with E-state index < -0.39 is 0 Å². The minimum absolute atomic E-state index is 0.431. The van der Waals surface area contributed by atoms with E-state index in [-0.39, 0.29) is 0 Å². The number of hydrogen-bond donors (Lipinski definition) is 1. The summed E-state index contributed by atoms with van der Waals surface area (Å²) in [4.78, 5) is 3.12. The zero-order valence-electron chi connectivity index (χ0n) is 10.0. The van der Waals surface area contributed by atoms with Crippen molar-refractivity contribution in [3.05, 3.63) is 38.2 Å². The lowest BCUT2D eigenvalue weighted by Crippen LogP contribution is -2.03. The maximum atomic E-state index is 3.57. The summed E-state index contributed by atoms with van der Waals surface area (Å²) in [5.41, 5.74) is 2.85. The van der Waals surface area contributed by atoms with Crippen LogP contribution in [0.25, 0.3) is 0 Å². The molecule has 0 aliphatic heterocycles. The average molecular weight is 263 g/mol. The van der Waals surface area contributed by atoms with Gasteiger partial charge in [-0.2, -0.15) is 11.3 Å². The Morgan fingerprint density at radius 2 is 2.18 bits per heavy atom. The number of nitrogens with one attached hydrogen (secondary N) is 1. The normalized spacial score (nSPS) is 16.5. The van der Waals surface area contributed by atoms with Gasteiger partial charge in [0.15, 0.2) is 0 Å². The smallest absolute Gasteiger partial charge is 0.0578 e. The summed E-state index contributed by atoms with van der Waals surface area (Å²) in [5, 5.41) is 7.86. The molecule has 2 heterocycles. The van der Waals surface area contributed by atoms with Gasteiger partial charge in [0.1, 0.15) is 0 Å². The van der Waals surface area contributed by atoms with Crippen molar-refractivity contribution in [3.63, 3.8) is 0 Å². The second-order valence-corrected chi connectivity index (χ2v) is 6.63. The second-order valence-electron chi connectivity index (χ2n) is 4.68. The molecule has 2 aromatic rings. The molecule has 0 saturated carbocycles. The Bertz CT molecular complexity index is 461. The van der Waals surface area contributed by atoms with Crippen molar-refractivity contribution in [1.82, 2.24) is 0 Å². The number of hydrogen-bond acceptors (Lipinski definition) is 3. The number of aryl methyl sites for hydroxylation is 2. The summed E-state index contributed by atoms with van der Waals surface area (Å²) in [6.07, 6.45) is 5.33. The van der Waals surface area contributed by atoms with Gasteiger partial charge in [0, 0.05) is 20.8 Å². The Morgan fingerprint density at radius 3 is 2.94 bits per heavy atom. The molecule has 1 aliphatic carbocycles. The molecule has 0 radical (unpaired) electrons. The molecule has 0 spiro atoms. The number of thiophene rings is 2. The van der Waals surface area contributed by atoms with Gasteiger partial charge in [-0.3, -0.25) is 0 Å². The molecule has 90 valence electrons. The van der Waals surface area contributed by atoms with Crippen molar-refractivity contribution < 1.29 is 0 Å². The Hall–Kier alpha value is -0.800. The molecule has 0 aromatic carbocycles. The van der Waals surface area contributed by atoms with Gasteiger partial charge in [-0.25, -0.2) is 0 Å². The average Bonchev–Trinajstić information content (AvgIpc) is 2.96. The van der Waals surface area contributed by atoms with E-state index in [1.165, 1.54) is 36.2 Å². The Balaban J connectivity index is 1.77. The van der Waals surface area contributed by atoms with Crippen LogP contribution in [0.4, 0.5) is 5.69 Å². The van der Waals surface area contributed by atoms with Crippen molar-refractivity contribution in [1.29, 1.82) is 0 Å². The molecule has 1 N–H and O–H groups in total. The van der Waals surface area contributed by atoms with Crippen LogP contribution >= 0.6 is 22.7 Å². The Morgan fingerprint density at radius 1 is 1.29 bits per heavy atom. The highest BCUT2D eigenvalue weighted by molar-refractivity contribution is 7.12. The van der Waals surface area contributed by atoms with Crippen molar-refractivity contribution in [2.75, 3.05) is 5.32 Å². The van der Waals surface area contributed by atoms with Gasteiger partial charge in [0.25, 0.3) is 0 Å². The van der Waals surface area contributed by atoms with E-state index in [2.05, 4.69) is 35.1 Å². The molecule has 0 amide bonds. The third-order valence-corrected chi connectivity index (χ3v) is 5.45. The summed E-state index contributed by atoms with van der Waals surface area (Å²) in [6, 6.07) is 5.00. The number of anilines is 1. The predicted octanol–water partition coefficient (Wildman–Crippen LogP) is 4.86. The molecule has 1 nitrogen and oxygen atoms in total. The molecule has 1 atom stereocenters. The molecule has 1 unspecified atom stereocenters. The minimum Gasteiger partial charge on any atom is -0.377 e. The van der Waals surface area contributed by atoms with Crippen LogP contribution in [0, 0.1) is 0 Å². The summed E-state index contributed by atoms with van der Waals surface area (Å²) in [7, 11) is 0. The maximum absolute atomic E-state index is 3.57. The highest BCUT2D eigenvalue weighted by Crippen LogP contribution is 2.34. The van der Waals surface area contributed by atoms with E-state index in [4.69, 9.17) is 0 Å². The quantitative estimate of drug-likeness (QED) is 0.833. The number of rotatable bonds is 3. The van der Waals surface area contributed by atoms with Crippen LogP contribution in [-0.4, -0.2) is 0 Å². The highest BCUT2D eigenvalue weighted by Gasteiger charge is 2.16. The summed E-state index contributed by atoms with van der Waals surface area (Å²) < 4.78 is 0. The first-order chi connectivity index (χ1) is 8.33. The molecule has 0 saturated heterocycles. The van der Waals surface area contributed by atoms with Crippen LogP contribution < -0.4 is 5.32 Å². The molecule has 0 fully saturated rings. The predicted molar refractivity (Wildman–Crippen MR) is 77.3 cm³/mol. The third kappa shape index (κ3) is 2.40. The molecule has 1 aliphatic rings. The molecule has 3 heteroatoms. The number of fused-ring (bicyclic) bond motifs is 1. The van der Waals surface area contributed by atoms with Crippen LogP contribution in [0.15, 0.2) is 22.9 Å². The Kier molecular flexibility index (Phi) is 3.21. The summed E-state index contributed by atoms with van der Waals surface area (Å²) in [6.45, 7) is 2.26. The zero-order valence-corrected chi connectivity index (χ0v) is 11.7. The van der Waals surface area contributed by atoms with Gasteiger partial charge in [-0.1, -0.05) is 0 Å². The van der Waals surface area contributed by atoms with Gasteiger partial charge >= 0.3 is 0 Å². The molecule has 2 aromatic heterocycles. The fourth-order valence-corrected chi connectivity index (χ4v) is 4.25. The van der Waals surface area contributed by atoms with Crippen LogP contribution in [0.5, 0.6) is 0 Å². The lowest BCUT2D eigenvalue weighted by Gasteiger charge is -2.11. The van der Waals surface area contributed by atoms with E-state index in [1.54, 1.807) is 21.8 Å². The first-order valence-electron chi connectivity index (χ1n) is 6.23. The van der Waals surface area contributed by atoms with Gasteiger partial charge in [0.05, 0.1) is 6.04 Å². The standard InChI is InChI=1S/C14H17NS2/c1-10(15-12-6-7-16-9-12)14-8-11-4-2-3-5-13(11)17-14/h6-10,15H,2-5H2,1H3. The lowest BCUT2D eigenvalue weighted by molar-refractivity contribution is 0.696. The summed E-state index contributed by atoms with van der Waals surface area (Å²) >= 11 is 3.75. The first kappa shape index (κ1) is 11.3. The van der Waals surface area contributed by atoms with Gasteiger partial charge in [-0.15, -0.1) is 11.3 Å². The van der Waals surface area contributed by atoms with E-state index in [9.17, 15) is 0 Å². The maximum Gasteiger partial charge on any atom is 0.0578 e. The van der Waals surface area contributed by atoms with E-state index in [1.807, 2.05) is 11.3 Å². The molecule has 3 rings (SSSR count). The van der Waals surface area contributed by atoms with E-state index in [0.717, 1.165) is 0 Å². The van der Waals surface area contributed by atoms with Gasteiger partial charge in [0.2, 0.25) is 0 Å². The van der Waals surface area contributed by atoms with Crippen LogP contribution in [0.2, 0.25) is 0 Å². The van der Waals surface area contributed by atoms with E-state index in [0.29, 0.717) is 6.04 Å². The monoisotopic (exact) mass is 263 g/mol. The van der Waals surface area contributed by atoms with Crippen LogP contribution in [0.3, 0.4) is 0 Å². The fraction of sp³-hybridized carbons (Fsp3) is 0.429. The van der Waals surface area contributed by atoms with Gasteiger partial charge in [-0.05, 0) is 55.7 Å². The van der Waals surface area contributed by atoms with Crippen molar-refractivity contribution in [2.45, 2.75) is 38.6 Å². The highest BCUT2D eigenvalue weighted by atomic mass is 32.1. The third-order valence-electron chi connectivity index (χ3n) is 3.35. The first-order valence-corrected chi connectivity index (χ1v) is 7.99. The van der Waals surface area contributed by atoms with Crippen molar-refractivity contribution in [3.8, 4) is 0 Å². The van der Waals surface area contributed by atoms with Crippen LogP contribution in [0.1, 0.15) is 41.1 Å². The topological polar surface area (TPSA) is 12.0 Å². The SMILES string of the molecule is CC(Nc1ccsc1)c1cc2c(s1)CCCC2. The van der Waals surface area contributed by atoms with Crippen molar-refractivity contribution >= 4 is 28.4 Å².